The molecule has 1 aromatic rings. The first kappa shape index (κ1) is 20.3. The molecule has 2 fully saturated rings. The second-order valence-corrected chi connectivity index (χ2v) is 8.10. The summed E-state index contributed by atoms with van der Waals surface area (Å²) >= 11 is 1.40. The number of ether oxygens (including phenoxy) is 1. The van der Waals surface area contributed by atoms with Crippen LogP contribution in [0.25, 0.3) is 0 Å². The molecule has 28 heavy (non-hydrogen) atoms. The van der Waals surface area contributed by atoms with Crippen LogP contribution < -0.4 is 5.73 Å². The summed E-state index contributed by atoms with van der Waals surface area (Å²) in [6.45, 7) is 1.05. The molecule has 2 saturated heterocycles. The summed E-state index contributed by atoms with van der Waals surface area (Å²) in [6.07, 6.45) is 3.22. The first-order valence-corrected chi connectivity index (χ1v) is 10.4. The van der Waals surface area contributed by atoms with Gasteiger partial charge in [-0.05, 0) is 43.6 Å². The number of amides is 3. The van der Waals surface area contributed by atoms with E-state index in [-0.39, 0.29) is 24.3 Å². The van der Waals surface area contributed by atoms with Crippen LogP contribution >= 0.6 is 11.3 Å². The van der Waals surface area contributed by atoms with Crippen LogP contribution in [0.3, 0.4) is 0 Å². The third-order valence-corrected chi connectivity index (χ3v) is 6.19. The van der Waals surface area contributed by atoms with Gasteiger partial charge < -0.3 is 20.3 Å². The van der Waals surface area contributed by atoms with Crippen LogP contribution in [0.4, 0.5) is 0 Å². The summed E-state index contributed by atoms with van der Waals surface area (Å²) in [7, 11) is 0. The Morgan fingerprint density at radius 1 is 1.11 bits per heavy atom. The van der Waals surface area contributed by atoms with E-state index < -0.39 is 17.9 Å². The van der Waals surface area contributed by atoms with E-state index in [1.807, 2.05) is 11.4 Å². The van der Waals surface area contributed by atoms with Crippen LogP contribution in [0.1, 0.15) is 41.8 Å². The lowest BCUT2D eigenvalue weighted by Gasteiger charge is -2.34. The minimum Gasteiger partial charge on any atom is -0.455 e. The standard InChI is InChI=1S/C19H25N3O5S/c20-17(24)14-4-1-2-8-22(14)16(23)12-27-19(26)13-6-9-21(10-7-13)18(25)15-5-3-11-28-15/h3,5,11,13-14H,1-2,4,6-10,12H2,(H2,20,24)/t14-/m1/s1. The van der Waals surface area contributed by atoms with Crippen molar-refractivity contribution in [1.29, 1.82) is 0 Å². The van der Waals surface area contributed by atoms with Gasteiger partial charge in [0, 0.05) is 19.6 Å². The van der Waals surface area contributed by atoms with Gasteiger partial charge >= 0.3 is 5.97 Å². The van der Waals surface area contributed by atoms with Crippen molar-refractivity contribution in [2.45, 2.75) is 38.1 Å². The molecular weight excluding hydrogens is 382 g/mol. The zero-order chi connectivity index (χ0) is 20.1. The number of rotatable bonds is 5. The number of primary amides is 1. The predicted molar refractivity (Wildman–Crippen MR) is 102 cm³/mol. The summed E-state index contributed by atoms with van der Waals surface area (Å²) in [5, 5.41) is 1.86. The molecule has 3 amide bonds. The van der Waals surface area contributed by atoms with Crippen molar-refractivity contribution in [1.82, 2.24) is 9.80 Å². The van der Waals surface area contributed by atoms with Crippen LogP contribution in [0.5, 0.6) is 0 Å². The number of carbonyl (C=O) groups is 4. The second-order valence-electron chi connectivity index (χ2n) is 7.15. The fourth-order valence-electron chi connectivity index (χ4n) is 3.73. The number of piperidine rings is 2. The zero-order valence-electron chi connectivity index (χ0n) is 15.7. The first-order valence-electron chi connectivity index (χ1n) is 9.55. The highest BCUT2D eigenvalue weighted by molar-refractivity contribution is 7.12. The number of nitrogens with zero attached hydrogens (tertiary/aromatic N) is 2. The summed E-state index contributed by atoms with van der Waals surface area (Å²) in [4.78, 5) is 52.4. The fourth-order valence-corrected chi connectivity index (χ4v) is 4.42. The molecule has 0 radical (unpaired) electrons. The lowest BCUT2D eigenvalue weighted by molar-refractivity contribution is -0.158. The van der Waals surface area contributed by atoms with Crippen molar-refractivity contribution in [3.63, 3.8) is 0 Å². The van der Waals surface area contributed by atoms with Gasteiger partial charge in [0.1, 0.15) is 6.04 Å². The first-order chi connectivity index (χ1) is 13.5. The molecule has 3 heterocycles. The lowest BCUT2D eigenvalue weighted by atomic mass is 9.97. The maximum atomic E-state index is 12.4. The monoisotopic (exact) mass is 407 g/mol. The number of hydrogen-bond acceptors (Lipinski definition) is 6. The van der Waals surface area contributed by atoms with Crippen molar-refractivity contribution in [2.75, 3.05) is 26.2 Å². The molecule has 2 aliphatic heterocycles. The van der Waals surface area contributed by atoms with Gasteiger partial charge in [-0.1, -0.05) is 6.07 Å². The Balaban J connectivity index is 1.45. The highest BCUT2D eigenvalue weighted by Gasteiger charge is 2.33. The molecular formula is C19H25N3O5S. The minimum absolute atomic E-state index is 0.0143. The fraction of sp³-hybridized carbons (Fsp3) is 0.579. The second kappa shape index (κ2) is 9.18. The lowest BCUT2D eigenvalue weighted by Crippen LogP contribution is -2.51. The van der Waals surface area contributed by atoms with Crippen molar-refractivity contribution in [3.8, 4) is 0 Å². The number of likely N-dealkylation sites (tertiary alicyclic amines) is 2. The average molecular weight is 407 g/mol. The molecule has 0 aliphatic carbocycles. The Morgan fingerprint density at radius 3 is 2.50 bits per heavy atom. The summed E-state index contributed by atoms with van der Waals surface area (Å²) < 4.78 is 5.21. The van der Waals surface area contributed by atoms with Crippen molar-refractivity contribution < 1.29 is 23.9 Å². The number of carbonyl (C=O) groups excluding carboxylic acids is 4. The van der Waals surface area contributed by atoms with Gasteiger partial charge in [0.25, 0.3) is 11.8 Å². The maximum absolute atomic E-state index is 12.4. The van der Waals surface area contributed by atoms with Crippen LogP contribution in [-0.2, 0) is 19.1 Å². The summed E-state index contributed by atoms with van der Waals surface area (Å²) in [6, 6.07) is 3.01. The van der Waals surface area contributed by atoms with E-state index in [0.717, 1.165) is 12.8 Å². The molecule has 9 heteroatoms. The molecule has 0 bridgehead atoms. The predicted octanol–water partition coefficient (Wildman–Crippen LogP) is 1.01. The molecule has 2 aliphatic rings. The Kier molecular flexibility index (Phi) is 6.66. The van der Waals surface area contributed by atoms with Crippen LogP contribution in [0.15, 0.2) is 17.5 Å². The van der Waals surface area contributed by atoms with Crippen molar-refractivity contribution in [2.24, 2.45) is 11.7 Å². The van der Waals surface area contributed by atoms with Crippen LogP contribution in [0, 0.1) is 5.92 Å². The molecule has 0 spiro atoms. The third-order valence-electron chi connectivity index (χ3n) is 5.34. The van der Waals surface area contributed by atoms with Gasteiger partial charge in [0.2, 0.25) is 5.91 Å². The number of esters is 1. The molecule has 0 unspecified atom stereocenters. The Morgan fingerprint density at radius 2 is 1.86 bits per heavy atom. The Labute approximate surface area is 167 Å². The summed E-state index contributed by atoms with van der Waals surface area (Å²) in [5.41, 5.74) is 5.37. The van der Waals surface area contributed by atoms with E-state index in [1.54, 1.807) is 11.0 Å². The minimum atomic E-state index is -0.619. The Bertz CT molecular complexity index is 728. The Hall–Kier alpha value is -2.42. The summed E-state index contributed by atoms with van der Waals surface area (Å²) in [5.74, 6) is -1.68. The number of hydrogen-bond donors (Lipinski definition) is 1. The molecule has 1 atom stereocenters. The van der Waals surface area contributed by atoms with E-state index in [9.17, 15) is 19.2 Å². The van der Waals surface area contributed by atoms with E-state index >= 15 is 0 Å². The molecule has 152 valence electrons. The maximum Gasteiger partial charge on any atom is 0.309 e. The highest BCUT2D eigenvalue weighted by atomic mass is 32.1. The molecule has 3 rings (SSSR count). The van der Waals surface area contributed by atoms with Crippen molar-refractivity contribution >= 4 is 35.0 Å². The number of thiophene rings is 1. The SMILES string of the molecule is NC(=O)[C@H]1CCCCN1C(=O)COC(=O)C1CCN(C(=O)c2cccs2)CC1. The van der Waals surface area contributed by atoms with Gasteiger partial charge in [-0.15, -0.1) is 11.3 Å². The molecule has 8 nitrogen and oxygen atoms in total. The smallest absolute Gasteiger partial charge is 0.309 e. The molecule has 1 aromatic heterocycles. The quantitative estimate of drug-likeness (QED) is 0.733. The van der Waals surface area contributed by atoms with Crippen LogP contribution in [0.2, 0.25) is 0 Å². The molecule has 0 aromatic carbocycles. The van der Waals surface area contributed by atoms with E-state index in [0.29, 0.717) is 43.8 Å². The average Bonchev–Trinajstić information content (AvgIpc) is 3.26. The van der Waals surface area contributed by atoms with Crippen LogP contribution in [-0.4, -0.2) is 65.8 Å². The normalized spacial score (nSPS) is 20.6. The van der Waals surface area contributed by atoms with Crippen molar-refractivity contribution in [3.05, 3.63) is 22.4 Å². The van der Waals surface area contributed by atoms with Gasteiger partial charge in [-0.3, -0.25) is 19.2 Å². The topological polar surface area (TPSA) is 110 Å². The van der Waals surface area contributed by atoms with Gasteiger partial charge in [-0.25, -0.2) is 0 Å². The third kappa shape index (κ3) is 4.70. The van der Waals surface area contributed by atoms with E-state index in [2.05, 4.69) is 0 Å². The molecule has 0 saturated carbocycles. The largest absolute Gasteiger partial charge is 0.455 e. The highest BCUT2D eigenvalue weighted by Crippen LogP contribution is 2.22. The van der Waals surface area contributed by atoms with E-state index in [4.69, 9.17) is 10.5 Å². The van der Waals surface area contributed by atoms with E-state index in [1.165, 1.54) is 16.2 Å². The van der Waals surface area contributed by atoms with Gasteiger partial charge in [0.15, 0.2) is 6.61 Å². The molecule has 2 N–H and O–H groups in total. The number of nitrogens with two attached hydrogens (primary N) is 1. The van der Waals surface area contributed by atoms with Gasteiger partial charge in [-0.2, -0.15) is 0 Å². The zero-order valence-corrected chi connectivity index (χ0v) is 16.5. The van der Waals surface area contributed by atoms with Gasteiger partial charge in [0.05, 0.1) is 10.8 Å².